The van der Waals surface area contributed by atoms with Gasteiger partial charge in [-0.05, 0) is 0 Å². The quantitative estimate of drug-likeness (QED) is 0.507. The topological polar surface area (TPSA) is 0 Å². The third-order valence-electron chi connectivity index (χ3n) is 4.59. The van der Waals surface area contributed by atoms with Crippen molar-refractivity contribution < 1.29 is 0 Å². The van der Waals surface area contributed by atoms with Crippen LogP contribution in [0.4, 0.5) is 0 Å². The van der Waals surface area contributed by atoms with Crippen molar-refractivity contribution in [2.24, 2.45) is 0 Å². The molecule has 113 valence electrons. The molecule has 0 saturated carbocycles. The first kappa shape index (κ1) is 16.3. The van der Waals surface area contributed by atoms with E-state index in [0.29, 0.717) is 5.92 Å². The van der Waals surface area contributed by atoms with Crippen molar-refractivity contribution in [3.63, 3.8) is 0 Å². The summed E-state index contributed by atoms with van der Waals surface area (Å²) < 4.78 is 0.0470. The molecule has 0 bridgehead atoms. The van der Waals surface area contributed by atoms with E-state index in [4.69, 9.17) is 0 Å². The van der Waals surface area contributed by atoms with Gasteiger partial charge in [-0.25, -0.2) is 0 Å². The van der Waals surface area contributed by atoms with Gasteiger partial charge < -0.3 is 0 Å². The van der Waals surface area contributed by atoms with Crippen LogP contribution in [0.2, 0.25) is 0 Å². The second-order valence-electron chi connectivity index (χ2n) is 5.91. The molecule has 23 heavy (non-hydrogen) atoms. The summed E-state index contributed by atoms with van der Waals surface area (Å²) in [6.45, 7) is 2.31. The molecule has 0 aromatic heterocycles. The second-order valence-corrected chi connectivity index (χ2v) is 8.16. The summed E-state index contributed by atoms with van der Waals surface area (Å²) in [5.41, 5.74) is 4.26. The Balaban J connectivity index is 2.19. The summed E-state index contributed by atoms with van der Waals surface area (Å²) in [5.74, 6) is 0.478. The van der Waals surface area contributed by atoms with Gasteiger partial charge in [-0.3, -0.25) is 0 Å². The molecule has 1 unspecified atom stereocenters. The minimum absolute atomic E-state index is 0.0470. The first-order chi connectivity index (χ1) is 11.3. The van der Waals surface area contributed by atoms with Gasteiger partial charge in [-0.1, -0.05) is 0 Å². The summed E-state index contributed by atoms with van der Waals surface area (Å²) >= 11 is 1.53. The van der Waals surface area contributed by atoms with Crippen molar-refractivity contribution >= 4 is 22.5 Å². The number of hydrogen-bond donors (Lipinski definition) is 0. The van der Waals surface area contributed by atoms with Crippen molar-refractivity contribution in [3.8, 4) is 0 Å². The standard InChI is InChI=1S/C22H21.Sn/c1-2-21(18-12-6-3-7-13-18)22(19-14-8-4-9-15-19)20-16-10-5-11-17-20;/h3-17,21H,2H2,1H3;. The van der Waals surface area contributed by atoms with Crippen LogP contribution in [0, 0.1) is 0 Å². The van der Waals surface area contributed by atoms with Crippen molar-refractivity contribution in [2.45, 2.75) is 22.7 Å². The molecular formula is C22H21Sn. The average molecular weight is 404 g/mol. The molecule has 3 radical (unpaired) electrons. The Kier molecular flexibility index (Phi) is 5.22. The van der Waals surface area contributed by atoms with Gasteiger partial charge in [0.25, 0.3) is 0 Å². The molecule has 1 atom stereocenters. The molecule has 3 rings (SSSR count). The molecular weight excluding hydrogens is 383 g/mol. The molecule has 0 N–H and O–H groups in total. The molecule has 0 amide bonds. The first-order valence-electron chi connectivity index (χ1n) is 8.17. The molecule has 0 spiro atoms. The van der Waals surface area contributed by atoms with E-state index in [1.807, 2.05) is 0 Å². The van der Waals surface area contributed by atoms with E-state index < -0.39 is 0 Å². The Labute approximate surface area is 152 Å². The number of hydrogen-bond acceptors (Lipinski definition) is 0. The van der Waals surface area contributed by atoms with Crippen molar-refractivity contribution in [2.75, 3.05) is 0 Å². The summed E-state index contributed by atoms with van der Waals surface area (Å²) in [5, 5.41) is 0. The molecule has 0 aliphatic carbocycles. The Bertz CT molecular complexity index is 680. The van der Waals surface area contributed by atoms with Crippen LogP contribution >= 0.6 is 0 Å². The molecule has 0 aliphatic heterocycles. The van der Waals surface area contributed by atoms with E-state index in [2.05, 4.69) is 97.9 Å². The van der Waals surface area contributed by atoms with Crippen LogP contribution in [0.5, 0.6) is 0 Å². The molecule has 0 saturated heterocycles. The van der Waals surface area contributed by atoms with E-state index in [1.165, 1.54) is 39.2 Å². The van der Waals surface area contributed by atoms with Crippen LogP contribution in [0.1, 0.15) is 36.0 Å². The van der Waals surface area contributed by atoms with E-state index in [9.17, 15) is 0 Å². The predicted molar refractivity (Wildman–Crippen MR) is 98.9 cm³/mol. The minimum atomic E-state index is 0.0470. The predicted octanol–water partition coefficient (Wildman–Crippen LogP) is 5.29. The van der Waals surface area contributed by atoms with Crippen LogP contribution in [0.15, 0.2) is 91.0 Å². The SMILES string of the molecule is CCC(c1ccccc1)[C]([Sn])(c1ccccc1)c1ccccc1. The van der Waals surface area contributed by atoms with Crippen LogP contribution in [-0.2, 0) is 3.43 Å². The summed E-state index contributed by atoms with van der Waals surface area (Å²) in [6.07, 6.45) is 1.12. The summed E-state index contributed by atoms with van der Waals surface area (Å²) in [6, 6.07) is 33.0. The first-order valence-corrected chi connectivity index (χ1v) is 9.60. The monoisotopic (exact) mass is 405 g/mol. The van der Waals surface area contributed by atoms with Crippen molar-refractivity contribution in [1.82, 2.24) is 0 Å². The van der Waals surface area contributed by atoms with Gasteiger partial charge in [0.05, 0.1) is 0 Å². The fourth-order valence-electron chi connectivity index (χ4n) is 3.45. The summed E-state index contributed by atoms with van der Waals surface area (Å²) in [7, 11) is 0. The maximum absolute atomic E-state index is 2.31. The zero-order chi connectivity index (χ0) is 16.1. The van der Waals surface area contributed by atoms with Crippen LogP contribution in [0.3, 0.4) is 0 Å². The van der Waals surface area contributed by atoms with Gasteiger partial charge in [-0.15, -0.1) is 0 Å². The third-order valence-corrected chi connectivity index (χ3v) is 7.23. The second kappa shape index (κ2) is 7.35. The van der Waals surface area contributed by atoms with Crippen molar-refractivity contribution in [1.29, 1.82) is 0 Å². The van der Waals surface area contributed by atoms with Gasteiger partial charge in [0, 0.05) is 0 Å². The molecule has 0 aliphatic rings. The van der Waals surface area contributed by atoms with Gasteiger partial charge >= 0.3 is 153 Å². The van der Waals surface area contributed by atoms with Gasteiger partial charge in [0.15, 0.2) is 0 Å². The number of benzene rings is 3. The van der Waals surface area contributed by atoms with E-state index in [-0.39, 0.29) is 3.43 Å². The van der Waals surface area contributed by atoms with Gasteiger partial charge in [0.1, 0.15) is 0 Å². The zero-order valence-electron chi connectivity index (χ0n) is 13.4. The van der Waals surface area contributed by atoms with E-state index >= 15 is 0 Å². The van der Waals surface area contributed by atoms with Crippen LogP contribution < -0.4 is 0 Å². The number of rotatable bonds is 5. The Morgan fingerprint density at radius 2 is 1.09 bits per heavy atom. The molecule has 0 fully saturated rings. The molecule has 3 aromatic rings. The fraction of sp³-hybridized carbons (Fsp3) is 0.182. The maximum atomic E-state index is 2.31. The van der Waals surface area contributed by atoms with E-state index in [1.54, 1.807) is 0 Å². The Morgan fingerprint density at radius 1 is 0.696 bits per heavy atom. The average Bonchev–Trinajstić information content (AvgIpc) is 2.64. The molecule has 1 heteroatoms. The third kappa shape index (κ3) is 3.23. The zero-order valence-corrected chi connectivity index (χ0v) is 16.3. The normalized spacial score (nSPS) is 12.8. The van der Waals surface area contributed by atoms with Crippen molar-refractivity contribution in [3.05, 3.63) is 108 Å². The van der Waals surface area contributed by atoms with Crippen LogP contribution in [0.25, 0.3) is 0 Å². The van der Waals surface area contributed by atoms with E-state index in [0.717, 1.165) is 6.42 Å². The molecule has 0 heterocycles. The fourth-order valence-corrected chi connectivity index (χ4v) is 5.46. The molecule has 0 nitrogen and oxygen atoms in total. The summed E-state index contributed by atoms with van der Waals surface area (Å²) in [4.78, 5) is 0. The van der Waals surface area contributed by atoms with Gasteiger partial charge in [0.2, 0.25) is 0 Å². The van der Waals surface area contributed by atoms with Crippen LogP contribution in [-0.4, -0.2) is 22.5 Å². The Hall–Kier alpha value is -1.54. The Morgan fingerprint density at radius 3 is 1.48 bits per heavy atom. The van der Waals surface area contributed by atoms with Gasteiger partial charge in [-0.2, -0.15) is 0 Å². The molecule has 3 aromatic carbocycles.